The van der Waals surface area contributed by atoms with Crippen molar-refractivity contribution in [3.8, 4) is 0 Å². The van der Waals surface area contributed by atoms with Crippen LogP contribution in [0.4, 0.5) is 5.69 Å². The number of piperazine rings is 1. The molecule has 4 heteroatoms. The Balaban J connectivity index is 2.44. The minimum Gasteiger partial charge on any atom is -0.392 e. The molecule has 0 aliphatic carbocycles. The first-order valence-corrected chi connectivity index (χ1v) is 6.23. The summed E-state index contributed by atoms with van der Waals surface area (Å²) in [5, 5.41) is 12.4. The summed E-state index contributed by atoms with van der Waals surface area (Å²) in [6.45, 7) is 7.20. The van der Waals surface area contributed by atoms with E-state index in [2.05, 4.69) is 10.2 Å². The summed E-state index contributed by atoms with van der Waals surface area (Å²) < 4.78 is 0. The first-order valence-electron chi connectivity index (χ1n) is 6.23. The minimum atomic E-state index is -0.586. The molecule has 4 nitrogen and oxygen atoms in total. The fourth-order valence-corrected chi connectivity index (χ4v) is 2.43. The Morgan fingerprint density at radius 3 is 2.83 bits per heavy atom. The summed E-state index contributed by atoms with van der Waals surface area (Å²) in [4.78, 5) is 14.0. The minimum absolute atomic E-state index is 0.00872. The first kappa shape index (κ1) is 12.9. The Labute approximate surface area is 108 Å². The summed E-state index contributed by atoms with van der Waals surface area (Å²) >= 11 is 0. The van der Waals surface area contributed by atoms with Crippen LogP contribution >= 0.6 is 0 Å². The van der Waals surface area contributed by atoms with Crippen molar-refractivity contribution in [2.75, 3.05) is 18.0 Å². The van der Waals surface area contributed by atoms with Crippen molar-refractivity contribution in [1.29, 1.82) is 0 Å². The Kier molecular flexibility index (Phi) is 3.30. The van der Waals surface area contributed by atoms with E-state index >= 15 is 0 Å². The molecule has 1 aromatic carbocycles. The molecule has 1 fully saturated rings. The second-order valence-corrected chi connectivity index (χ2v) is 5.26. The molecule has 0 spiro atoms. The number of aryl methyl sites for hydroxylation is 1. The number of benzene rings is 1. The number of nitrogens with zero attached hydrogens (tertiary/aromatic N) is 1. The Hall–Kier alpha value is -1.55. The molecule has 1 heterocycles. The summed E-state index contributed by atoms with van der Waals surface area (Å²) in [7, 11) is 0. The largest absolute Gasteiger partial charge is 0.392 e. The summed E-state index contributed by atoms with van der Waals surface area (Å²) in [6.07, 6.45) is 0. The summed E-state index contributed by atoms with van der Waals surface area (Å²) in [5.74, 6) is 0.0261. The molecular weight excluding hydrogens is 228 g/mol. The van der Waals surface area contributed by atoms with E-state index in [1.807, 2.05) is 39.0 Å². The molecule has 0 saturated carbocycles. The third kappa shape index (κ3) is 2.08. The number of amides is 1. The van der Waals surface area contributed by atoms with Gasteiger partial charge in [0, 0.05) is 24.3 Å². The number of carbonyl (C=O) groups excluding carboxylic acids is 1. The smallest absolute Gasteiger partial charge is 0.245 e. The maximum Gasteiger partial charge on any atom is 0.245 e. The maximum absolute atomic E-state index is 12.0. The predicted octanol–water partition coefficient (Wildman–Crippen LogP) is 1.20. The molecule has 0 aromatic heterocycles. The van der Waals surface area contributed by atoms with Gasteiger partial charge in [-0.05, 0) is 26.8 Å². The molecule has 98 valence electrons. The van der Waals surface area contributed by atoms with Crippen LogP contribution in [0.15, 0.2) is 18.2 Å². The third-order valence-electron chi connectivity index (χ3n) is 3.55. The van der Waals surface area contributed by atoms with Crippen molar-refractivity contribution in [1.82, 2.24) is 5.32 Å². The van der Waals surface area contributed by atoms with Gasteiger partial charge in [-0.1, -0.05) is 17.7 Å². The molecular formula is C14H20N2O2. The van der Waals surface area contributed by atoms with Crippen molar-refractivity contribution < 1.29 is 9.90 Å². The molecule has 1 aliphatic heterocycles. The van der Waals surface area contributed by atoms with Crippen LogP contribution in [0.1, 0.15) is 25.0 Å². The average molecular weight is 248 g/mol. The standard InChI is InChI=1S/C14H20N2O2/c1-10-4-5-12(11(8-10)9-17)16-7-6-15-13(18)14(16,2)3/h4-5,8,17H,6-7,9H2,1-3H3,(H,15,18). The van der Waals surface area contributed by atoms with Gasteiger partial charge in [0.05, 0.1) is 6.61 Å². The van der Waals surface area contributed by atoms with E-state index in [4.69, 9.17) is 0 Å². The van der Waals surface area contributed by atoms with Gasteiger partial charge in [0.2, 0.25) is 5.91 Å². The highest BCUT2D eigenvalue weighted by molar-refractivity contribution is 5.90. The summed E-state index contributed by atoms with van der Waals surface area (Å²) in [6, 6.07) is 5.97. The van der Waals surface area contributed by atoms with Crippen molar-refractivity contribution in [3.63, 3.8) is 0 Å². The zero-order valence-electron chi connectivity index (χ0n) is 11.2. The van der Waals surface area contributed by atoms with Crippen LogP contribution in [0, 0.1) is 6.92 Å². The van der Waals surface area contributed by atoms with Gasteiger partial charge in [-0.25, -0.2) is 0 Å². The monoisotopic (exact) mass is 248 g/mol. The SMILES string of the molecule is Cc1ccc(N2CCNC(=O)C2(C)C)c(CO)c1. The first-order chi connectivity index (χ1) is 8.46. The Morgan fingerprint density at radius 2 is 2.17 bits per heavy atom. The van der Waals surface area contributed by atoms with Crippen LogP contribution in [0.3, 0.4) is 0 Å². The third-order valence-corrected chi connectivity index (χ3v) is 3.55. The second kappa shape index (κ2) is 4.61. The molecule has 0 atom stereocenters. The number of hydrogen-bond acceptors (Lipinski definition) is 3. The molecule has 1 aliphatic rings. The van der Waals surface area contributed by atoms with Crippen molar-refractivity contribution in [2.45, 2.75) is 32.9 Å². The second-order valence-electron chi connectivity index (χ2n) is 5.26. The number of nitrogens with one attached hydrogen (secondary N) is 1. The van der Waals surface area contributed by atoms with E-state index in [1.54, 1.807) is 0 Å². The van der Waals surface area contributed by atoms with E-state index in [-0.39, 0.29) is 12.5 Å². The highest BCUT2D eigenvalue weighted by atomic mass is 16.3. The van der Waals surface area contributed by atoms with E-state index in [1.165, 1.54) is 0 Å². The fraction of sp³-hybridized carbons (Fsp3) is 0.500. The normalized spacial score (nSPS) is 18.7. The van der Waals surface area contributed by atoms with Gasteiger partial charge in [-0.2, -0.15) is 0 Å². The topological polar surface area (TPSA) is 52.6 Å². The Bertz CT molecular complexity index is 469. The number of anilines is 1. The van der Waals surface area contributed by atoms with E-state index < -0.39 is 5.54 Å². The van der Waals surface area contributed by atoms with Gasteiger partial charge in [0.15, 0.2) is 0 Å². The van der Waals surface area contributed by atoms with E-state index in [0.717, 1.165) is 23.4 Å². The number of hydrogen-bond donors (Lipinski definition) is 2. The number of aliphatic hydroxyl groups excluding tert-OH is 1. The molecule has 1 saturated heterocycles. The van der Waals surface area contributed by atoms with Gasteiger partial charge >= 0.3 is 0 Å². The maximum atomic E-state index is 12.0. The zero-order chi connectivity index (χ0) is 13.3. The molecule has 0 bridgehead atoms. The van der Waals surface area contributed by atoms with Crippen molar-refractivity contribution >= 4 is 11.6 Å². The van der Waals surface area contributed by atoms with Crippen LogP contribution in [-0.4, -0.2) is 29.6 Å². The van der Waals surface area contributed by atoms with Gasteiger partial charge in [-0.3, -0.25) is 4.79 Å². The van der Waals surface area contributed by atoms with Crippen LogP contribution < -0.4 is 10.2 Å². The average Bonchev–Trinajstić information content (AvgIpc) is 2.33. The lowest BCUT2D eigenvalue weighted by Gasteiger charge is -2.43. The molecule has 2 N–H and O–H groups in total. The Morgan fingerprint density at radius 1 is 1.44 bits per heavy atom. The van der Waals surface area contributed by atoms with E-state index in [0.29, 0.717) is 6.54 Å². The number of carbonyl (C=O) groups is 1. The van der Waals surface area contributed by atoms with Crippen molar-refractivity contribution in [2.24, 2.45) is 0 Å². The van der Waals surface area contributed by atoms with Crippen LogP contribution in [0.5, 0.6) is 0 Å². The van der Waals surface area contributed by atoms with Gasteiger partial charge in [0.1, 0.15) is 5.54 Å². The highest BCUT2D eigenvalue weighted by Gasteiger charge is 2.38. The van der Waals surface area contributed by atoms with Crippen LogP contribution in [0.2, 0.25) is 0 Å². The lowest BCUT2D eigenvalue weighted by molar-refractivity contribution is -0.126. The number of aliphatic hydroxyl groups is 1. The van der Waals surface area contributed by atoms with Gasteiger partial charge in [-0.15, -0.1) is 0 Å². The van der Waals surface area contributed by atoms with Crippen molar-refractivity contribution in [3.05, 3.63) is 29.3 Å². The molecule has 18 heavy (non-hydrogen) atoms. The lowest BCUT2D eigenvalue weighted by atomic mass is 9.96. The zero-order valence-corrected chi connectivity index (χ0v) is 11.2. The molecule has 1 aromatic rings. The quantitative estimate of drug-likeness (QED) is 0.827. The molecule has 1 amide bonds. The molecule has 2 rings (SSSR count). The summed E-state index contributed by atoms with van der Waals surface area (Å²) in [5.41, 5.74) is 2.35. The highest BCUT2D eigenvalue weighted by Crippen LogP contribution is 2.30. The molecule has 0 unspecified atom stereocenters. The molecule has 0 radical (unpaired) electrons. The van der Waals surface area contributed by atoms with Gasteiger partial charge in [0.25, 0.3) is 0 Å². The lowest BCUT2D eigenvalue weighted by Crippen LogP contribution is -2.62. The van der Waals surface area contributed by atoms with E-state index in [9.17, 15) is 9.90 Å². The number of rotatable bonds is 2. The van der Waals surface area contributed by atoms with Crippen LogP contribution in [-0.2, 0) is 11.4 Å². The van der Waals surface area contributed by atoms with Crippen LogP contribution in [0.25, 0.3) is 0 Å². The predicted molar refractivity (Wildman–Crippen MR) is 71.5 cm³/mol. The van der Waals surface area contributed by atoms with Gasteiger partial charge < -0.3 is 15.3 Å². The fourth-order valence-electron chi connectivity index (χ4n) is 2.43.